The molecule has 0 amide bonds. The lowest BCUT2D eigenvalue weighted by molar-refractivity contribution is 0.586. The summed E-state index contributed by atoms with van der Waals surface area (Å²) in [6, 6.07) is 9.47. The van der Waals surface area contributed by atoms with Crippen molar-refractivity contribution in [2.45, 2.75) is 6.54 Å². The van der Waals surface area contributed by atoms with Gasteiger partial charge in [0.15, 0.2) is 0 Å². The molecule has 1 aromatic rings. The van der Waals surface area contributed by atoms with Crippen LogP contribution in [-0.2, 0) is 16.6 Å². The van der Waals surface area contributed by atoms with Crippen LogP contribution in [0, 0.1) is 0 Å². The van der Waals surface area contributed by atoms with E-state index in [1.165, 1.54) is 21.6 Å². The van der Waals surface area contributed by atoms with Crippen LogP contribution in [0.4, 0.5) is 0 Å². The van der Waals surface area contributed by atoms with Crippen molar-refractivity contribution < 1.29 is 8.42 Å². The van der Waals surface area contributed by atoms with Gasteiger partial charge in [0.2, 0.25) is 10.0 Å². The number of benzene rings is 1. The zero-order valence-corrected chi connectivity index (χ0v) is 10.8. The molecule has 15 heavy (non-hydrogen) atoms. The topological polar surface area (TPSA) is 46.2 Å². The van der Waals surface area contributed by atoms with E-state index >= 15 is 0 Å². The molecule has 0 atom stereocenters. The number of sulfonamides is 1. The maximum Gasteiger partial charge on any atom is 0.222 e. The molecule has 1 rings (SSSR count). The monoisotopic (exact) mass is 263 g/mol. The van der Waals surface area contributed by atoms with Gasteiger partial charge >= 0.3 is 0 Å². The average molecular weight is 263 g/mol. The molecule has 6 heteroatoms. The maximum absolute atomic E-state index is 11.4. The van der Waals surface area contributed by atoms with Gasteiger partial charge in [-0.2, -0.15) is 0 Å². The lowest BCUT2D eigenvalue weighted by Crippen LogP contribution is -2.24. The van der Waals surface area contributed by atoms with Crippen molar-refractivity contribution in [1.29, 1.82) is 0 Å². The first kappa shape index (κ1) is 12.9. The largest absolute Gasteiger partial charge is 0.222 e. The number of hydrogen-bond acceptors (Lipinski definition) is 4. The fourth-order valence-electron chi connectivity index (χ4n) is 0.942. The third-order valence-electron chi connectivity index (χ3n) is 1.66. The maximum atomic E-state index is 11.4. The molecule has 0 radical (unpaired) electrons. The van der Waals surface area contributed by atoms with Crippen LogP contribution >= 0.6 is 21.6 Å². The van der Waals surface area contributed by atoms with Gasteiger partial charge in [0.1, 0.15) is 5.08 Å². The molecule has 0 aliphatic heterocycles. The standard InChI is InChI=1S/C9H13NO2S3/c1-13-14-8-15(11,12)10-7-9-5-3-2-4-6-9/h2-6,10H,7-8H2,1H3. The highest BCUT2D eigenvalue weighted by atomic mass is 33.1. The van der Waals surface area contributed by atoms with Gasteiger partial charge in [-0.3, -0.25) is 0 Å². The SMILES string of the molecule is CSSCS(=O)(=O)NCc1ccccc1. The lowest BCUT2D eigenvalue weighted by Gasteiger charge is -2.05. The summed E-state index contributed by atoms with van der Waals surface area (Å²) >= 11 is 0. The molecule has 3 nitrogen and oxygen atoms in total. The van der Waals surface area contributed by atoms with Gasteiger partial charge in [-0.25, -0.2) is 13.1 Å². The molecule has 1 aromatic carbocycles. The second-order valence-corrected chi connectivity index (χ2v) is 7.56. The minimum absolute atomic E-state index is 0.0982. The molecule has 0 saturated heterocycles. The van der Waals surface area contributed by atoms with Crippen LogP contribution in [0.25, 0.3) is 0 Å². The van der Waals surface area contributed by atoms with E-state index in [9.17, 15) is 8.42 Å². The van der Waals surface area contributed by atoms with E-state index in [4.69, 9.17) is 0 Å². The molecule has 1 N–H and O–H groups in total. The Bertz CT molecular complexity index is 378. The van der Waals surface area contributed by atoms with Crippen LogP contribution in [0.3, 0.4) is 0 Å². The van der Waals surface area contributed by atoms with E-state index in [1.807, 2.05) is 36.6 Å². The lowest BCUT2D eigenvalue weighted by atomic mass is 10.2. The minimum atomic E-state index is -3.15. The molecule has 0 aliphatic rings. The highest BCUT2D eigenvalue weighted by molar-refractivity contribution is 8.77. The van der Waals surface area contributed by atoms with Crippen molar-refractivity contribution in [2.75, 3.05) is 11.3 Å². The van der Waals surface area contributed by atoms with Crippen LogP contribution in [0.2, 0.25) is 0 Å². The van der Waals surface area contributed by atoms with Crippen LogP contribution in [0.15, 0.2) is 30.3 Å². The highest BCUT2D eigenvalue weighted by Gasteiger charge is 2.08. The third kappa shape index (κ3) is 5.46. The highest BCUT2D eigenvalue weighted by Crippen LogP contribution is 2.18. The van der Waals surface area contributed by atoms with Crippen LogP contribution in [-0.4, -0.2) is 19.8 Å². The first-order valence-corrected chi connectivity index (χ1v) is 8.69. The first-order chi connectivity index (χ1) is 7.14. The fraction of sp³-hybridized carbons (Fsp3) is 0.333. The van der Waals surface area contributed by atoms with E-state index in [0.29, 0.717) is 6.54 Å². The molecule has 84 valence electrons. The number of rotatable bonds is 6. The predicted molar refractivity (Wildman–Crippen MR) is 68.2 cm³/mol. The van der Waals surface area contributed by atoms with Gasteiger partial charge in [0.25, 0.3) is 0 Å². The number of hydrogen-bond donors (Lipinski definition) is 1. The summed E-state index contributed by atoms with van der Waals surface area (Å²) in [6.07, 6.45) is 1.86. The van der Waals surface area contributed by atoms with E-state index in [-0.39, 0.29) is 5.08 Å². The number of nitrogens with one attached hydrogen (secondary N) is 1. The summed E-state index contributed by atoms with van der Waals surface area (Å²) in [5.74, 6) is 0. The van der Waals surface area contributed by atoms with Gasteiger partial charge in [0, 0.05) is 6.54 Å². The molecule has 0 fully saturated rings. The predicted octanol–water partition coefficient (Wildman–Crippen LogP) is 2.07. The quantitative estimate of drug-likeness (QED) is 0.798. The van der Waals surface area contributed by atoms with Gasteiger partial charge in [-0.15, -0.1) is 0 Å². The molecule has 0 unspecified atom stereocenters. The van der Waals surface area contributed by atoms with Crippen LogP contribution < -0.4 is 4.72 Å². The van der Waals surface area contributed by atoms with E-state index < -0.39 is 10.0 Å². The first-order valence-electron chi connectivity index (χ1n) is 4.31. The average Bonchev–Trinajstić information content (AvgIpc) is 2.25. The van der Waals surface area contributed by atoms with Crippen molar-refractivity contribution in [3.05, 3.63) is 35.9 Å². The van der Waals surface area contributed by atoms with Crippen molar-refractivity contribution in [3.63, 3.8) is 0 Å². The minimum Gasteiger partial charge on any atom is -0.212 e. The molecule has 0 saturated carbocycles. The molecular weight excluding hydrogens is 250 g/mol. The molecule has 0 heterocycles. The van der Waals surface area contributed by atoms with Crippen LogP contribution in [0.1, 0.15) is 5.56 Å². The molecule has 0 spiro atoms. The fourth-order valence-corrected chi connectivity index (χ4v) is 4.56. The van der Waals surface area contributed by atoms with Gasteiger partial charge in [0.05, 0.1) is 0 Å². The Labute approximate surface area is 98.5 Å². The summed E-state index contributed by atoms with van der Waals surface area (Å²) in [7, 11) is -0.386. The van der Waals surface area contributed by atoms with Gasteiger partial charge in [-0.05, 0) is 11.8 Å². The Kier molecular flexibility index (Phi) is 5.52. The summed E-state index contributed by atoms with van der Waals surface area (Å²) in [5.41, 5.74) is 0.968. The van der Waals surface area contributed by atoms with Crippen molar-refractivity contribution in [1.82, 2.24) is 4.72 Å². The van der Waals surface area contributed by atoms with Gasteiger partial charge in [-0.1, -0.05) is 51.9 Å². The van der Waals surface area contributed by atoms with Crippen molar-refractivity contribution in [2.24, 2.45) is 0 Å². The summed E-state index contributed by atoms with van der Waals surface area (Å²) in [5, 5.41) is 0.0982. The van der Waals surface area contributed by atoms with E-state index in [0.717, 1.165) is 5.56 Å². The Morgan fingerprint density at radius 2 is 1.93 bits per heavy atom. The normalized spacial score (nSPS) is 11.5. The Morgan fingerprint density at radius 3 is 2.53 bits per heavy atom. The van der Waals surface area contributed by atoms with E-state index in [1.54, 1.807) is 0 Å². The second-order valence-electron chi connectivity index (χ2n) is 2.82. The Balaban J connectivity index is 2.43. The summed E-state index contributed by atoms with van der Waals surface area (Å²) in [4.78, 5) is 0. The van der Waals surface area contributed by atoms with Crippen molar-refractivity contribution >= 4 is 31.6 Å². The Hall–Kier alpha value is -0.170. The smallest absolute Gasteiger partial charge is 0.212 e. The second kappa shape index (κ2) is 6.42. The van der Waals surface area contributed by atoms with E-state index in [2.05, 4.69) is 4.72 Å². The third-order valence-corrected chi connectivity index (χ3v) is 5.68. The summed E-state index contributed by atoms with van der Waals surface area (Å²) in [6.45, 7) is 0.359. The van der Waals surface area contributed by atoms with Gasteiger partial charge < -0.3 is 0 Å². The molecule has 0 bridgehead atoms. The van der Waals surface area contributed by atoms with Crippen LogP contribution in [0.5, 0.6) is 0 Å². The molecular formula is C9H13NO2S3. The zero-order valence-electron chi connectivity index (χ0n) is 8.34. The molecule has 0 aliphatic carbocycles. The zero-order chi connectivity index (χ0) is 11.1. The molecule has 0 aromatic heterocycles. The Morgan fingerprint density at radius 1 is 1.27 bits per heavy atom. The van der Waals surface area contributed by atoms with Crippen molar-refractivity contribution in [3.8, 4) is 0 Å². The summed E-state index contributed by atoms with van der Waals surface area (Å²) < 4.78 is 25.4.